The predicted molar refractivity (Wildman–Crippen MR) is 77.9 cm³/mol. The summed E-state index contributed by atoms with van der Waals surface area (Å²) in [5, 5.41) is 13.0. The second kappa shape index (κ2) is 8.83. The van der Waals surface area contributed by atoms with Gasteiger partial charge in [-0.25, -0.2) is 0 Å². The second-order valence-corrected chi connectivity index (χ2v) is 4.97. The van der Waals surface area contributed by atoms with Gasteiger partial charge in [-0.1, -0.05) is 50.6 Å². The first kappa shape index (κ1) is 14.9. The Morgan fingerprint density at radius 2 is 1.83 bits per heavy atom. The maximum atomic E-state index is 9.11. The van der Waals surface area contributed by atoms with Crippen LogP contribution in [0.1, 0.15) is 45.4 Å². The summed E-state index contributed by atoms with van der Waals surface area (Å²) in [6.07, 6.45) is 7.05. The van der Waals surface area contributed by atoms with Crippen molar-refractivity contribution in [1.29, 1.82) is 5.26 Å². The quantitative estimate of drug-likeness (QED) is 0.671. The molecule has 0 spiro atoms. The fraction of sp³-hybridized carbons (Fsp3) is 0.533. The molecule has 18 heavy (non-hydrogen) atoms. The molecule has 2 nitrogen and oxygen atoms in total. The summed E-state index contributed by atoms with van der Waals surface area (Å²) < 4.78 is 0. The van der Waals surface area contributed by atoms with Gasteiger partial charge < -0.3 is 5.32 Å². The SMILES string of the molecule is CCCCCCCC(C#N)Nc1ccc(Cl)cc1. The molecule has 0 saturated heterocycles. The number of hydrogen-bond donors (Lipinski definition) is 1. The first-order valence-corrected chi connectivity index (χ1v) is 7.05. The highest BCUT2D eigenvalue weighted by Gasteiger charge is 2.06. The van der Waals surface area contributed by atoms with Crippen molar-refractivity contribution in [2.75, 3.05) is 5.32 Å². The number of halogens is 1. The van der Waals surface area contributed by atoms with E-state index in [0.29, 0.717) is 5.02 Å². The van der Waals surface area contributed by atoms with Gasteiger partial charge in [0.1, 0.15) is 6.04 Å². The van der Waals surface area contributed by atoms with Crippen LogP contribution in [0.5, 0.6) is 0 Å². The molecule has 1 atom stereocenters. The zero-order valence-corrected chi connectivity index (χ0v) is 11.7. The summed E-state index contributed by atoms with van der Waals surface area (Å²) in [6.45, 7) is 2.21. The van der Waals surface area contributed by atoms with E-state index in [1.54, 1.807) is 0 Å². The van der Waals surface area contributed by atoms with Crippen LogP contribution in [-0.2, 0) is 0 Å². The van der Waals surface area contributed by atoms with Crippen LogP contribution in [0, 0.1) is 11.3 Å². The van der Waals surface area contributed by atoms with Crippen molar-refractivity contribution in [3.63, 3.8) is 0 Å². The highest BCUT2D eigenvalue weighted by molar-refractivity contribution is 6.30. The number of nitriles is 1. The molecule has 1 aromatic rings. The van der Waals surface area contributed by atoms with Gasteiger partial charge >= 0.3 is 0 Å². The van der Waals surface area contributed by atoms with Gasteiger partial charge in [-0.05, 0) is 30.7 Å². The van der Waals surface area contributed by atoms with Gasteiger partial charge in [0, 0.05) is 10.7 Å². The minimum absolute atomic E-state index is 0.104. The topological polar surface area (TPSA) is 35.8 Å². The number of hydrogen-bond acceptors (Lipinski definition) is 2. The van der Waals surface area contributed by atoms with Crippen molar-refractivity contribution in [3.8, 4) is 6.07 Å². The fourth-order valence-corrected chi connectivity index (χ4v) is 1.99. The van der Waals surface area contributed by atoms with Crippen LogP contribution >= 0.6 is 11.6 Å². The number of unbranched alkanes of at least 4 members (excludes halogenated alkanes) is 4. The molecule has 0 bridgehead atoms. The highest BCUT2D eigenvalue weighted by atomic mass is 35.5. The zero-order valence-electron chi connectivity index (χ0n) is 11.0. The molecule has 0 amide bonds. The van der Waals surface area contributed by atoms with Gasteiger partial charge in [0.15, 0.2) is 0 Å². The van der Waals surface area contributed by atoms with E-state index in [0.717, 1.165) is 18.5 Å². The Kier molecular flexibility index (Phi) is 7.29. The molecule has 98 valence electrons. The molecular weight excluding hydrogens is 244 g/mol. The summed E-state index contributed by atoms with van der Waals surface area (Å²) in [5.41, 5.74) is 0.958. The van der Waals surface area contributed by atoms with Gasteiger partial charge in [-0.15, -0.1) is 0 Å². The Bertz CT molecular complexity index is 367. The van der Waals surface area contributed by atoms with E-state index in [9.17, 15) is 0 Å². The van der Waals surface area contributed by atoms with E-state index in [1.165, 1.54) is 25.7 Å². The van der Waals surface area contributed by atoms with Crippen LogP contribution in [0.15, 0.2) is 24.3 Å². The van der Waals surface area contributed by atoms with Crippen molar-refractivity contribution in [1.82, 2.24) is 0 Å². The molecule has 0 aliphatic carbocycles. The maximum absolute atomic E-state index is 9.11. The van der Waals surface area contributed by atoms with E-state index < -0.39 is 0 Å². The third-order valence-electron chi connectivity index (χ3n) is 2.94. The van der Waals surface area contributed by atoms with Gasteiger partial charge in [0.25, 0.3) is 0 Å². The van der Waals surface area contributed by atoms with Crippen molar-refractivity contribution >= 4 is 17.3 Å². The van der Waals surface area contributed by atoms with E-state index in [1.807, 2.05) is 24.3 Å². The van der Waals surface area contributed by atoms with Crippen LogP contribution in [0.2, 0.25) is 5.02 Å². The molecule has 0 heterocycles. The van der Waals surface area contributed by atoms with Crippen molar-refractivity contribution < 1.29 is 0 Å². The van der Waals surface area contributed by atoms with Crippen molar-refractivity contribution in [3.05, 3.63) is 29.3 Å². The largest absolute Gasteiger partial charge is 0.370 e. The Hall–Kier alpha value is -1.20. The molecule has 1 unspecified atom stereocenters. The lowest BCUT2D eigenvalue weighted by atomic mass is 10.1. The smallest absolute Gasteiger partial charge is 0.114 e. The van der Waals surface area contributed by atoms with Crippen molar-refractivity contribution in [2.45, 2.75) is 51.5 Å². The van der Waals surface area contributed by atoms with Crippen LogP contribution in [-0.4, -0.2) is 6.04 Å². The lowest BCUT2D eigenvalue weighted by Crippen LogP contribution is -2.16. The minimum Gasteiger partial charge on any atom is -0.370 e. The third-order valence-corrected chi connectivity index (χ3v) is 3.19. The summed E-state index contributed by atoms with van der Waals surface area (Å²) in [7, 11) is 0. The highest BCUT2D eigenvalue weighted by Crippen LogP contribution is 2.16. The lowest BCUT2D eigenvalue weighted by Gasteiger charge is -2.12. The molecule has 0 radical (unpaired) electrons. The Labute approximate surface area is 115 Å². The van der Waals surface area contributed by atoms with E-state index in [2.05, 4.69) is 18.3 Å². The van der Waals surface area contributed by atoms with Crippen LogP contribution < -0.4 is 5.32 Å². The maximum Gasteiger partial charge on any atom is 0.114 e. The molecule has 1 rings (SSSR count). The number of anilines is 1. The summed E-state index contributed by atoms with van der Waals surface area (Å²) >= 11 is 5.82. The molecule has 1 N–H and O–H groups in total. The molecule has 1 aromatic carbocycles. The minimum atomic E-state index is -0.104. The Morgan fingerprint density at radius 3 is 2.44 bits per heavy atom. The van der Waals surface area contributed by atoms with Gasteiger partial charge in [-0.2, -0.15) is 5.26 Å². The van der Waals surface area contributed by atoms with E-state index in [4.69, 9.17) is 16.9 Å². The molecule has 0 aromatic heterocycles. The number of benzene rings is 1. The van der Waals surface area contributed by atoms with Crippen LogP contribution in [0.25, 0.3) is 0 Å². The summed E-state index contributed by atoms with van der Waals surface area (Å²) in [5.74, 6) is 0. The van der Waals surface area contributed by atoms with Crippen LogP contribution in [0.4, 0.5) is 5.69 Å². The Balaban J connectivity index is 2.29. The van der Waals surface area contributed by atoms with Gasteiger partial charge in [0.05, 0.1) is 6.07 Å². The van der Waals surface area contributed by atoms with Crippen molar-refractivity contribution in [2.24, 2.45) is 0 Å². The molecule has 0 fully saturated rings. The number of nitrogens with one attached hydrogen (secondary N) is 1. The predicted octanol–water partition coefficient (Wildman–Crippen LogP) is 5.00. The average Bonchev–Trinajstić information content (AvgIpc) is 2.39. The standard InChI is InChI=1S/C15H21ClN2/c1-2-3-4-5-6-7-15(12-17)18-14-10-8-13(16)9-11-14/h8-11,15,18H,2-7H2,1H3. The normalized spacial score (nSPS) is 11.8. The third kappa shape index (κ3) is 5.93. The fourth-order valence-electron chi connectivity index (χ4n) is 1.87. The number of rotatable bonds is 8. The monoisotopic (exact) mass is 264 g/mol. The number of nitrogens with zero attached hydrogens (tertiary/aromatic N) is 1. The molecular formula is C15H21ClN2. The molecule has 0 aliphatic rings. The average molecular weight is 265 g/mol. The van der Waals surface area contributed by atoms with E-state index >= 15 is 0 Å². The first-order valence-electron chi connectivity index (χ1n) is 6.68. The van der Waals surface area contributed by atoms with Crippen LogP contribution in [0.3, 0.4) is 0 Å². The van der Waals surface area contributed by atoms with Gasteiger partial charge in [0.2, 0.25) is 0 Å². The molecule has 3 heteroatoms. The second-order valence-electron chi connectivity index (χ2n) is 4.54. The van der Waals surface area contributed by atoms with Gasteiger partial charge in [-0.3, -0.25) is 0 Å². The Morgan fingerprint density at radius 1 is 1.17 bits per heavy atom. The summed E-state index contributed by atoms with van der Waals surface area (Å²) in [4.78, 5) is 0. The van der Waals surface area contributed by atoms with E-state index in [-0.39, 0.29) is 6.04 Å². The summed E-state index contributed by atoms with van der Waals surface area (Å²) in [6, 6.07) is 9.69. The molecule has 0 aliphatic heterocycles. The zero-order chi connectivity index (χ0) is 13.2. The first-order chi connectivity index (χ1) is 8.76. The lowest BCUT2D eigenvalue weighted by molar-refractivity contribution is 0.597. The molecule has 0 saturated carbocycles.